The Morgan fingerprint density at radius 3 is 3.20 bits per heavy atom. The number of thioether (sulfide) groups is 1. The molecule has 0 radical (unpaired) electrons. The molecule has 1 atom stereocenters. The molecule has 2 aliphatic heterocycles. The number of aliphatic hydroxyl groups excluding tert-OH is 1. The van der Waals surface area contributed by atoms with Crippen LogP contribution in [0.2, 0.25) is 0 Å². The topological polar surface area (TPSA) is 46.5 Å². The van der Waals surface area contributed by atoms with Crippen molar-refractivity contribution >= 4 is 17.7 Å². The number of cyclic esters (lactones) is 1. The Morgan fingerprint density at radius 1 is 1.70 bits per heavy atom. The van der Waals surface area contributed by atoms with Gasteiger partial charge in [-0.1, -0.05) is 0 Å². The van der Waals surface area contributed by atoms with E-state index in [1.807, 2.05) is 0 Å². The maximum absolute atomic E-state index is 10.8. The number of ether oxygens (including phenoxy) is 1. The first-order chi connectivity index (χ1) is 4.79. The van der Waals surface area contributed by atoms with Gasteiger partial charge in [0.1, 0.15) is 6.61 Å². The molecule has 0 aliphatic carbocycles. The summed E-state index contributed by atoms with van der Waals surface area (Å²) < 4.78 is 4.70. The molecule has 54 valence electrons. The smallest absolute Gasteiger partial charge is 0.337 e. The Balaban J connectivity index is 2.36. The molecule has 0 aromatic heterocycles. The van der Waals surface area contributed by atoms with Crippen molar-refractivity contribution in [3.05, 3.63) is 10.5 Å². The van der Waals surface area contributed by atoms with Crippen LogP contribution in [0, 0.1) is 0 Å². The summed E-state index contributed by atoms with van der Waals surface area (Å²) in [6.45, 7) is 0.371. The summed E-state index contributed by atoms with van der Waals surface area (Å²) in [5, 5.41) is 9.19. The predicted octanol–water partition coefficient (Wildman–Crippen LogP) is -0.0950. The third-order valence-corrected chi connectivity index (χ3v) is 2.77. The molecular formula is C6H6O3S. The molecule has 0 bridgehead atoms. The van der Waals surface area contributed by atoms with E-state index in [-0.39, 0.29) is 5.97 Å². The van der Waals surface area contributed by atoms with Crippen LogP contribution in [0.3, 0.4) is 0 Å². The number of hydrogen-bond acceptors (Lipinski definition) is 4. The molecule has 2 heterocycles. The molecule has 4 heteroatoms. The predicted molar refractivity (Wildman–Crippen MR) is 36.4 cm³/mol. The van der Waals surface area contributed by atoms with Gasteiger partial charge in [0.15, 0.2) is 0 Å². The average molecular weight is 158 g/mol. The second-order valence-electron chi connectivity index (χ2n) is 2.24. The number of esters is 1. The van der Waals surface area contributed by atoms with Crippen molar-refractivity contribution in [3.63, 3.8) is 0 Å². The number of carbonyl (C=O) groups is 1. The van der Waals surface area contributed by atoms with E-state index >= 15 is 0 Å². The van der Waals surface area contributed by atoms with Crippen molar-refractivity contribution in [1.29, 1.82) is 0 Å². The van der Waals surface area contributed by atoms with E-state index in [4.69, 9.17) is 4.74 Å². The van der Waals surface area contributed by atoms with Gasteiger partial charge in [0, 0.05) is 10.7 Å². The Morgan fingerprint density at radius 2 is 2.50 bits per heavy atom. The van der Waals surface area contributed by atoms with Crippen LogP contribution >= 0.6 is 11.8 Å². The zero-order valence-corrected chi connectivity index (χ0v) is 5.98. The van der Waals surface area contributed by atoms with Gasteiger partial charge in [-0.05, 0) is 0 Å². The van der Waals surface area contributed by atoms with E-state index in [2.05, 4.69) is 0 Å². The maximum atomic E-state index is 10.8. The zero-order valence-electron chi connectivity index (χ0n) is 5.16. The maximum Gasteiger partial charge on any atom is 0.337 e. The second kappa shape index (κ2) is 2.00. The Labute approximate surface area is 62.1 Å². The molecular weight excluding hydrogens is 152 g/mol. The molecule has 0 aromatic rings. The lowest BCUT2D eigenvalue weighted by Gasteiger charge is -2.01. The second-order valence-corrected chi connectivity index (χ2v) is 3.35. The quantitative estimate of drug-likeness (QED) is 0.500. The third kappa shape index (κ3) is 0.690. The van der Waals surface area contributed by atoms with E-state index in [0.29, 0.717) is 17.9 Å². The van der Waals surface area contributed by atoms with Crippen LogP contribution in [0.4, 0.5) is 0 Å². The van der Waals surface area contributed by atoms with Crippen LogP contribution in [0.1, 0.15) is 0 Å². The van der Waals surface area contributed by atoms with E-state index in [0.717, 1.165) is 4.91 Å². The standard InChI is InChI=1S/C6H6O3S/c7-3-2-10-4-1-9-6(8)5(3)4/h3,7H,1-2H2/t3-/m1/s1. The molecule has 0 saturated carbocycles. The fourth-order valence-electron chi connectivity index (χ4n) is 1.10. The van der Waals surface area contributed by atoms with Crippen LogP contribution < -0.4 is 0 Å². The average Bonchev–Trinajstić information content (AvgIpc) is 2.40. The molecule has 0 fully saturated rings. The van der Waals surface area contributed by atoms with Crippen molar-refractivity contribution in [3.8, 4) is 0 Å². The highest BCUT2D eigenvalue weighted by Gasteiger charge is 2.35. The van der Waals surface area contributed by atoms with Gasteiger partial charge >= 0.3 is 5.97 Å². The van der Waals surface area contributed by atoms with Crippen LogP contribution in [0.15, 0.2) is 10.5 Å². The van der Waals surface area contributed by atoms with E-state index in [1.165, 1.54) is 11.8 Å². The first-order valence-corrected chi connectivity index (χ1v) is 3.98. The Hall–Kier alpha value is -0.480. The van der Waals surface area contributed by atoms with Gasteiger partial charge in [-0.25, -0.2) is 4.79 Å². The molecule has 0 spiro atoms. The van der Waals surface area contributed by atoms with Gasteiger partial charge in [0.2, 0.25) is 0 Å². The monoisotopic (exact) mass is 158 g/mol. The molecule has 3 nitrogen and oxygen atoms in total. The zero-order chi connectivity index (χ0) is 7.14. The molecule has 0 amide bonds. The Kier molecular flexibility index (Phi) is 1.25. The normalized spacial score (nSPS) is 30.9. The highest BCUT2D eigenvalue weighted by molar-refractivity contribution is 8.03. The minimum Gasteiger partial charge on any atom is -0.457 e. The lowest BCUT2D eigenvalue weighted by molar-refractivity contribution is -0.136. The minimum absolute atomic E-state index is 0.340. The molecule has 0 saturated heterocycles. The first-order valence-electron chi connectivity index (χ1n) is 3.00. The van der Waals surface area contributed by atoms with Crippen molar-refractivity contribution < 1.29 is 14.6 Å². The van der Waals surface area contributed by atoms with E-state index in [9.17, 15) is 9.90 Å². The summed E-state index contributed by atoms with van der Waals surface area (Å²) in [5.41, 5.74) is 0.491. The van der Waals surface area contributed by atoms with E-state index < -0.39 is 6.10 Å². The van der Waals surface area contributed by atoms with Gasteiger partial charge < -0.3 is 9.84 Å². The molecule has 2 aliphatic rings. The van der Waals surface area contributed by atoms with Crippen molar-refractivity contribution in [2.75, 3.05) is 12.4 Å². The number of hydrogen-bond donors (Lipinski definition) is 1. The Bertz CT molecular complexity index is 221. The van der Waals surface area contributed by atoms with Crippen LogP contribution in [-0.2, 0) is 9.53 Å². The lowest BCUT2D eigenvalue weighted by Crippen LogP contribution is -2.15. The lowest BCUT2D eigenvalue weighted by atomic mass is 10.2. The fourth-order valence-corrected chi connectivity index (χ4v) is 2.15. The largest absolute Gasteiger partial charge is 0.457 e. The molecule has 0 aromatic carbocycles. The van der Waals surface area contributed by atoms with Gasteiger partial charge in [-0.3, -0.25) is 0 Å². The molecule has 0 unspecified atom stereocenters. The summed E-state index contributed by atoms with van der Waals surface area (Å²) in [6, 6.07) is 0. The van der Waals surface area contributed by atoms with Crippen molar-refractivity contribution in [2.45, 2.75) is 6.10 Å². The first kappa shape index (κ1) is 6.24. The van der Waals surface area contributed by atoms with Gasteiger partial charge in [-0.2, -0.15) is 0 Å². The van der Waals surface area contributed by atoms with Crippen molar-refractivity contribution in [2.24, 2.45) is 0 Å². The summed E-state index contributed by atoms with van der Waals surface area (Å²) in [7, 11) is 0. The van der Waals surface area contributed by atoms with Gasteiger partial charge in [0.25, 0.3) is 0 Å². The summed E-state index contributed by atoms with van der Waals surface area (Å²) in [4.78, 5) is 11.7. The highest BCUT2D eigenvalue weighted by atomic mass is 32.2. The molecule has 10 heavy (non-hydrogen) atoms. The summed E-state index contributed by atoms with van der Waals surface area (Å²) in [5.74, 6) is 0.271. The number of aliphatic hydroxyl groups is 1. The molecule has 2 rings (SSSR count). The fraction of sp³-hybridized carbons (Fsp3) is 0.500. The molecule has 1 N–H and O–H groups in total. The number of carbonyl (C=O) groups excluding carboxylic acids is 1. The van der Waals surface area contributed by atoms with E-state index in [1.54, 1.807) is 0 Å². The highest BCUT2D eigenvalue weighted by Crippen LogP contribution is 2.36. The summed E-state index contributed by atoms with van der Waals surface area (Å²) >= 11 is 1.51. The number of rotatable bonds is 0. The van der Waals surface area contributed by atoms with Crippen LogP contribution in [0.5, 0.6) is 0 Å². The minimum atomic E-state index is -0.588. The van der Waals surface area contributed by atoms with Crippen molar-refractivity contribution in [1.82, 2.24) is 0 Å². The SMILES string of the molecule is O=C1OCC2=C1[C@H](O)CS2. The summed E-state index contributed by atoms with van der Waals surface area (Å²) in [6.07, 6.45) is -0.588. The van der Waals surface area contributed by atoms with Crippen LogP contribution in [0.25, 0.3) is 0 Å². The third-order valence-electron chi connectivity index (χ3n) is 1.60. The van der Waals surface area contributed by atoms with Crippen LogP contribution in [-0.4, -0.2) is 29.5 Å². The van der Waals surface area contributed by atoms with Gasteiger partial charge in [-0.15, -0.1) is 11.8 Å². The van der Waals surface area contributed by atoms with Gasteiger partial charge in [0.05, 0.1) is 11.7 Å².